The molecule has 2 saturated heterocycles. The second-order valence-electron chi connectivity index (χ2n) is 9.05. The van der Waals surface area contributed by atoms with Gasteiger partial charge in [0.15, 0.2) is 0 Å². The molecule has 2 aliphatic rings. The van der Waals surface area contributed by atoms with Crippen LogP contribution in [0.3, 0.4) is 0 Å². The topological polar surface area (TPSA) is 92.5 Å². The molecule has 2 fully saturated rings. The molecule has 1 aromatic carbocycles. The summed E-state index contributed by atoms with van der Waals surface area (Å²) in [5, 5.41) is 21.2. The highest BCUT2D eigenvalue weighted by molar-refractivity contribution is 5.76. The van der Waals surface area contributed by atoms with E-state index in [1.54, 1.807) is 16.8 Å². The molecule has 1 aromatic heterocycles. The molecule has 2 aliphatic heterocycles. The van der Waals surface area contributed by atoms with E-state index in [0.717, 1.165) is 44.5 Å². The number of halogens is 1. The van der Waals surface area contributed by atoms with E-state index in [0.29, 0.717) is 18.7 Å². The van der Waals surface area contributed by atoms with E-state index in [4.69, 9.17) is 4.74 Å². The number of aliphatic hydroxyl groups is 1. The molecule has 8 nitrogen and oxygen atoms in total. The minimum Gasteiger partial charge on any atom is -0.394 e. The molecule has 1 amide bonds. The first kappa shape index (κ1) is 23.8. The van der Waals surface area contributed by atoms with Crippen molar-refractivity contribution in [1.29, 1.82) is 0 Å². The van der Waals surface area contributed by atoms with Crippen molar-refractivity contribution in [2.24, 2.45) is 0 Å². The summed E-state index contributed by atoms with van der Waals surface area (Å²) in [7, 11) is 0. The largest absolute Gasteiger partial charge is 0.394 e. The second kappa shape index (κ2) is 11.7. The molecule has 33 heavy (non-hydrogen) atoms. The van der Waals surface area contributed by atoms with Crippen LogP contribution in [0.4, 0.5) is 4.39 Å². The number of likely N-dealkylation sites (tertiary alicyclic amines) is 1. The normalized spacial score (nSPS) is 24.0. The standard InChI is InChI=1S/C24H34FN5O3/c25-19-6-4-18(5-7-19)22-16-30(28-27-22)15-10-20-8-9-21(23(17-31)33-20)26-24(32)11-14-29-12-2-1-3-13-29/h4-7,16,20-21,23,31H,1-3,8-15,17H2,(H,26,32)/t20-,21-,23-/m1/s1. The zero-order valence-electron chi connectivity index (χ0n) is 19.0. The number of nitrogens with zero attached hydrogens (tertiary/aromatic N) is 4. The van der Waals surface area contributed by atoms with E-state index in [9.17, 15) is 14.3 Å². The number of aliphatic hydroxyl groups excluding tert-OH is 1. The van der Waals surface area contributed by atoms with Crippen LogP contribution in [0.15, 0.2) is 30.5 Å². The van der Waals surface area contributed by atoms with E-state index in [1.165, 1.54) is 31.4 Å². The van der Waals surface area contributed by atoms with Crippen LogP contribution in [0.1, 0.15) is 44.9 Å². The predicted octanol–water partition coefficient (Wildman–Crippen LogP) is 2.38. The highest BCUT2D eigenvalue weighted by Crippen LogP contribution is 2.23. The Hall–Kier alpha value is -2.36. The summed E-state index contributed by atoms with van der Waals surface area (Å²) in [5.41, 5.74) is 1.51. The molecule has 0 aliphatic carbocycles. The molecule has 0 unspecified atom stereocenters. The van der Waals surface area contributed by atoms with Crippen LogP contribution in [0, 0.1) is 5.82 Å². The van der Waals surface area contributed by atoms with Crippen LogP contribution >= 0.6 is 0 Å². The molecule has 9 heteroatoms. The van der Waals surface area contributed by atoms with E-state index in [2.05, 4.69) is 20.5 Å². The van der Waals surface area contributed by atoms with E-state index >= 15 is 0 Å². The molecular weight excluding hydrogens is 425 g/mol. The molecule has 0 radical (unpaired) electrons. The molecule has 2 aromatic rings. The number of piperidine rings is 1. The van der Waals surface area contributed by atoms with E-state index < -0.39 is 6.10 Å². The molecule has 0 bridgehead atoms. The third-order valence-electron chi connectivity index (χ3n) is 6.60. The number of amides is 1. The quantitative estimate of drug-likeness (QED) is 0.598. The van der Waals surface area contributed by atoms with Gasteiger partial charge in [-0.3, -0.25) is 9.48 Å². The van der Waals surface area contributed by atoms with Gasteiger partial charge < -0.3 is 20.1 Å². The second-order valence-corrected chi connectivity index (χ2v) is 9.05. The van der Waals surface area contributed by atoms with Gasteiger partial charge in [0.2, 0.25) is 5.91 Å². The fourth-order valence-corrected chi connectivity index (χ4v) is 4.67. The van der Waals surface area contributed by atoms with Crippen molar-refractivity contribution in [3.63, 3.8) is 0 Å². The Morgan fingerprint density at radius 2 is 1.94 bits per heavy atom. The van der Waals surface area contributed by atoms with Crippen LogP contribution in [-0.4, -0.2) is 75.4 Å². The van der Waals surface area contributed by atoms with Gasteiger partial charge in [-0.25, -0.2) is 4.39 Å². The van der Waals surface area contributed by atoms with Crippen molar-refractivity contribution in [2.75, 3.05) is 26.2 Å². The van der Waals surface area contributed by atoms with Gasteiger partial charge >= 0.3 is 0 Å². The lowest BCUT2D eigenvalue weighted by atomic mass is 9.97. The number of carbonyl (C=O) groups excluding carboxylic acids is 1. The summed E-state index contributed by atoms with van der Waals surface area (Å²) < 4.78 is 21.0. The van der Waals surface area contributed by atoms with Crippen molar-refractivity contribution < 1.29 is 19.0 Å². The van der Waals surface area contributed by atoms with Gasteiger partial charge in [0, 0.05) is 25.1 Å². The number of aromatic nitrogens is 3. The summed E-state index contributed by atoms with van der Waals surface area (Å²) in [4.78, 5) is 14.8. The van der Waals surface area contributed by atoms with Crippen LogP contribution in [0.2, 0.25) is 0 Å². The SMILES string of the molecule is O=C(CCN1CCCCC1)N[C@@H]1CC[C@H](CCn2cc(-c3ccc(F)cc3)nn2)O[C@@H]1CO. The van der Waals surface area contributed by atoms with Crippen molar-refractivity contribution in [2.45, 2.75) is 69.7 Å². The lowest BCUT2D eigenvalue weighted by Crippen LogP contribution is -2.51. The third-order valence-corrected chi connectivity index (χ3v) is 6.60. The lowest BCUT2D eigenvalue weighted by molar-refractivity contribution is -0.129. The minimum absolute atomic E-state index is 0.0119. The number of carbonyl (C=O) groups is 1. The summed E-state index contributed by atoms with van der Waals surface area (Å²) in [6, 6.07) is 6.02. The van der Waals surface area contributed by atoms with Gasteiger partial charge in [-0.05, 0) is 69.5 Å². The van der Waals surface area contributed by atoms with Crippen molar-refractivity contribution >= 4 is 5.91 Å². The first-order valence-electron chi connectivity index (χ1n) is 12.0. The highest BCUT2D eigenvalue weighted by Gasteiger charge is 2.31. The van der Waals surface area contributed by atoms with Crippen LogP contribution < -0.4 is 5.32 Å². The lowest BCUT2D eigenvalue weighted by Gasteiger charge is -2.36. The first-order valence-corrected chi connectivity index (χ1v) is 12.0. The van der Waals surface area contributed by atoms with Gasteiger partial charge in [0.1, 0.15) is 17.6 Å². The Morgan fingerprint density at radius 1 is 1.15 bits per heavy atom. The maximum absolute atomic E-state index is 13.1. The van der Waals surface area contributed by atoms with Crippen LogP contribution in [0.25, 0.3) is 11.3 Å². The molecule has 3 heterocycles. The Bertz CT molecular complexity index is 884. The summed E-state index contributed by atoms with van der Waals surface area (Å²) in [6.07, 6.45) is 7.96. The number of ether oxygens (including phenoxy) is 1. The Kier molecular flexibility index (Phi) is 8.41. The average molecular weight is 460 g/mol. The van der Waals surface area contributed by atoms with E-state index in [1.807, 2.05) is 6.20 Å². The molecular formula is C24H34FN5O3. The number of benzene rings is 1. The van der Waals surface area contributed by atoms with Gasteiger partial charge in [-0.2, -0.15) is 0 Å². The van der Waals surface area contributed by atoms with Crippen LogP contribution in [-0.2, 0) is 16.1 Å². The van der Waals surface area contributed by atoms with E-state index in [-0.39, 0.29) is 30.5 Å². The molecule has 3 atom stereocenters. The van der Waals surface area contributed by atoms with Crippen molar-refractivity contribution in [1.82, 2.24) is 25.2 Å². The monoisotopic (exact) mass is 459 g/mol. The van der Waals surface area contributed by atoms with Gasteiger partial charge in [-0.15, -0.1) is 5.10 Å². The van der Waals surface area contributed by atoms with Crippen molar-refractivity contribution in [3.8, 4) is 11.3 Å². The number of hydrogen-bond acceptors (Lipinski definition) is 6. The fraction of sp³-hybridized carbons (Fsp3) is 0.625. The zero-order valence-corrected chi connectivity index (χ0v) is 19.0. The fourth-order valence-electron chi connectivity index (χ4n) is 4.67. The average Bonchev–Trinajstić information content (AvgIpc) is 3.32. The predicted molar refractivity (Wildman–Crippen MR) is 122 cm³/mol. The number of hydrogen-bond donors (Lipinski definition) is 2. The number of rotatable bonds is 9. The zero-order chi connectivity index (χ0) is 23.0. The molecule has 0 saturated carbocycles. The third kappa shape index (κ3) is 6.82. The highest BCUT2D eigenvalue weighted by atomic mass is 19.1. The summed E-state index contributed by atoms with van der Waals surface area (Å²) in [5.74, 6) is -0.252. The Labute approximate surface area is 194 Å². The van der Waals surface area contributed by atoms with Gasteiger partial charge in [-0.1, -0.05) is 11.6 Å². The Balaban J connectivity index is 1.21. The van der Waals surface area contributed by atoms with Gasteiger partial charge in [0.05, 0.1) is 24.9 Å². The summed E-state index contributed by atoms with van der Waals surface area (Å²) in [6.45, 7) is 3.47. The Morgan fingerprint density at radius 3 is 2.70 bits per heavy atom. The number of nitrogens with one attached hydrogen (secondary N) is 1. The first-order chi connectivity index (χ1) is 16.1. The van der Waals surface area contributed by atoms with Crippen molar-refractivity contribution in [3.05, 3.63) is 36.3 Å². The smallest absolute Gasteiger partial charge is 0.221 e. The molecule has 4 rings (SSSR count). The molecule has 0 spiro atoms. The molecule has 2 N–H and O–H groups in total. The minimum atomic E-state index is -0.395. The van der Waals surface area contributed by atoms with Crippen LogP contribution in [0.5, 0.6) is 0 Å². The van der Waals surface area contributed by atoms with Gasteiger partial charge in [0.25, 0.3) is 0 Å². The maximum atomic E-state index is 13.1. The maximum Gasteiger partial charge on any atom is 0.221 e. The summed E-state index contributed by atoms with van der Waals surface area (Å²) >= 11 is 0. The number of aryl methyl sites for hydroxylation is 1. The molecule has 180 valence electrons.